The molecule has 1 atom stereocenters. The first kappa shape index (κ1) is 25.1. The summed E-state index contributed by atoms with van der Waals surface area (Å²) in [4.78, 5) is 29.3. The molecule has 2 amide bonds. The molecule has 2 aliphatic heterocycles. The average molecular weight is 601 g/mol. The van der Waals surface area contributed by atoms with Gasteiger partial charge >= 0.3 is 0 Å². The molecule has 0 N–H and O–H groups in total. The summed E-state index contributed by atoms with van der Waals surface area (Å²) in [5, 5.41) is 9.58. The van der Waals surface area contributed by atoms with Crippen LogP contribution in [-0.2, 0) is 21.7 Å². The van der Waals surface area contributed by atoms with Crippen molar-refractivity contribution in [2.24, 2.45) is 0 Å². The summed E-state index contributed by atoms with van der Waals surface area (Å²) >= 11 is 9.58. The van der Waals surface area contributed by atoms with Gasteiger partial charge in [-0.15, -0.1) is 5.10 Å². The monoisotopic (exact) mass is 599 g/mol. The van der Waals surface area contributed by atoms with Crippen LogP contribution in [0.4, 0.5) is 10.1 Å². The number of carbonyl (C=O) groups is 2. The molecule has 196 valence electrons. The molecule has 2 aromatic carbocycles. The summed E-state index contributed by atoms with van der Waals surface area (Å²) in [5.41, 5.74) is 1.33. The van der Waals surface area contributed by atoms with Crippen LogP contribution in [0.5, 0.6) is 0 Å². The fourth-order valence-electron chi connectivity index (χ4n) is 5.19. The Kier molecular flexibility index (Phi) is 6.26. The maximum Gasteiger partial charge on any atom is 0.251 e. The Morgan fingerprint density at radius 3 is 2.76 bits per heavy atom. The average Bonchev–Trinajstić information content (AvgIpc) is 3.53. The number of piperidine rings is 1. The number of aryl methyl sites for hydroxylation is 1. The maximum absolute atomic E-state index is 15.7. The summed E-state index contributed by atoms with van der Waals surface area (Å²) in [7, 11) is 0. The van der Waals surface area contributed by atoms with Gasteiger partial charge in [-0.25, -0.2) is 9.07 Å². The van der Waals surface area contributed by atoms with E-state index in [1.807, 2.05) is 37.3 Å². The quantitative estimate of drug-likeness (QED) is 0.308. The first-order chi connectivity index (χ1) is 18.2. The standard InChI is InChI=1S/C27H24BrClFN5O3/c1-16-21(29)9-8-20-17(13-38-25(16)20)11-24(36)33-14-27(30,15-33)23-12-35(32-31-23)22-3-2-10-34(26(22)37)19-6-4-18(28)5-7-19/h4-9,12-13,22H,2-3,10-11,14-15H2,1H3. The van der Waals surface area contributed by atoms with Crippen LogP contribution in [0.25, 0.3) is 11.0 Å². The van der Waals surface area contributed by atoms with E-state index in [2.05, 4.69) is 26.2 Å². The van der Waals surface area contributed by atoms with Crippen LogP contribution in [0.1, 0.15) is 35.7 Å². The van der Waals surface area contributed by atoms with Gasteiger partial charge in [0.05, 0.1) is 32.0 Å². The Hall–Kier alpha value is -3.24. The summed E-state index contributed by atoms with van der Waals surface area (Å²) in [6.45, 7) is 2.24. The molecule has 0 saturated carbocycles. The predicted octanol–water partition coefficient (Wildman–Crippen LogP) is 5.37. The third-order valence-corrected chi connectivity index (χ3v) is 8.36. The van der Waals surface area contributed by atoms with Gasteiger partial charge in [-0.2, -0.15) is 0 Å². The number of alkyl halides is 1. The number of nitrogens with zero attached hydrogens (tertiary/aromatic N) is 5. The Morgan fingerprint density at radius 1 is 1.24 bits per heavy atom. The second-order valence-electron chi connectivity index (χ2n) is 9.91. The van der Waals surface area contributed by atoms with Crippen LogP contribution in [0.2, 0.25) is 5.02 Å². The van der Waals surface area contributed by atoms with Gasteiger partial charge in [-0.3, -0.25) is 9.59 Å². The molecule has 0 spiro atoms. The lowest BCUT2D eigenvalue weighted by Crippen LogP contribution is -2.59. The second-order valence-corrected chi connectivity index (χ2v) is 11.2. The minimum Gasteiger partial charge on any atom is -0.464 e. The van der Waals surface area contributed by atoms with Crippen molar-refractivity contribution in [2.75, 3.05) is 24.5 Å². The zero-order chi connectivity index (χ0) is 26.6. The molecule has 4 aromatic rings. The minimum atomic E-state index is -1.81. The van der Waals surface area contributed by atoms with Crippen molar-refractivity contribution >= 4 is 56.0 Å². The highest BCUT2D eigenvalue weighted by Gasteiger charge is 2.49. The summed E-state index contributed by atoms with van der Waals surface area (Å²) in [5.74, 6) is -0.300. The van der Waals surface area contributed by atoms with Gasteiger partial charge in [0.25, 0.3) is 5.91 Å². The van der Waals surface area contributed by atoms with E-state index in [1.54, 1.807) is 17.2 Å². The van der Waals surface area contributed by atoms with Gasteiger partial charge in [0, 0.05) is 38.2 Å². The Morgan fingerprint density at radius 2 is 2.00 bits per heavy atom. The number of benzene rings is 2. The molecular formula is C27H24BrClFN5O3. The zero-order valence-corrected chi connectivity index (χ0v) is 22.9. The van der Waals surface area contributed by atoms with Crippen molar-refractivity contribution in [1.82, 2.24) is 19.9 Å². The Labute approximate surface area is 231 Å². The van der Waals surface area contributed by atoms with E-state index >= 15 is 4.39 Å². The molecule has 8 nitrogen and oxygen atoms in total. The lowest BCUT2D eigenvalue weighted by atomic mass is 9.92. The van der Waals surface area contributed by atoms with Crippen molar-refractivity contribution in [2.45, 2.75) is 37.9 Å². The van der Waals surface area contributed by atoms with E-state index in [0.717, 1.165) is 33.1 Å². The first-order valence-electron chi connectivity index (χ1n) is 12.3. The van der Waals surface area contributed by atoms with Crippen molar-refractivity contribution in [3.8, 4) is 0 Å². The van der Waals surface area contributed by atoms with Crippen LogP contribution in [0.3, 0.4) is 0 Å². The van der Waals surface area contributed by atoms with Gasteiger partial charge in [-0.1, -0.05) is 32.7 Å². The molecule has 0 bridgehead atoms. The van der Waals surface area contributed by atoms with E-state index < -0.39 is 11.7 Å². The van der Waals surface area contributed by atoms with Gasteiger partial charge in [-0.05, 0) is 56.2 Å². The topological polar surface area (TPSA) is 84.5 Å². The number of hydrogen-bond donors (Lipinski definition) is 0. The second kappa shape index (κ2) is 9.50. The number of likely N-dealkylation sites (tertiary alicyclic amines) is 1. The van der Waals surface area contributed by atoms with Gasteiger partial charge in [0.15, 0.2) is 5.67 Å². The smallest absolute Gasteiger partial charge is 0.251 e. The summed E-state index contributed by atoms with van der Waals surface area (Å²) in [6, 6.07) is 10.6. The number of amides is 2. The van der Waals surface area contributed by atoms with E-state index in [-0.39, 0.29) is 37.0 Å². The number of fused-ring (bicyclic) bond motifs is 1. The third-order valence-electron chi connectivity index (χ3n) is 7.42. The van der Waals surface area contributed by atoms with E-state index in [0.29, 0.717) is 23.6 Å². The minimum absolute atomic E-state index is 0.0965. The van der Waals surface area contributed by atoms with E-state index in [1.165, 1.54) is 15.8 Å². The van der Waals surface area contributed by atoms with Crippen molar-refractivity contribution in [1.29, 1.82) is 0 Å². The summed E-state index contributed by atoms with van der Waals surface area (Å²) in [6.07, 6.45) is 4.55. The molecule has 4 heterocycles. The highest BCUT2D eigenvalue weighted by atomic mass is 79.9. The largest absolute Gasteiger partial charge is 0.464 e. The number of anilines is 1. The van der Waals surface area contributed by atoms with Crippen LogP contribution >= 0.6 is 27.5 Å². The predicted molar refractivity (Wildman–Crippen MR) is 144 cm³/mol. The van der Waals surface area contributed by atoms with Crippen LogP contribution in [-0.4, -0.2) is 51.3 Å². The van der Waals surface area contributed by atoms with Gasteiger partial charge in [0.1, 0.15) is 17.3 Å². The summed E-state index contributed by atoms with van der Waals surface area (Å²) < 4.78 is 23.7. The molecule has 2 aromatic heterocycles. The number of rotatable bonds is 5. The molecule has 0 radical (unpaired) electrons. The zero-order valence-electron chi connectivity index (χ0n) is 20.5. The van der Waals surface area contributed by atoms with Crippen molar-refractivity contribution < 1.29 is 18.4 Å². The Bertz CT molecular complexity index is 1550. The lowest BCUT2D eigenvalue weighted by Gasteiger charge is -2.43. The van der Waals surface area contributed by atoms with Crippen LogP contribution in [0, 0.1) is 6.92 Å². The number of carbonyl (C=O) groups excluding carboxylic acids is 2. The van der Waals surface area contributed by atoms with Crippen molar-refractivity contribution in [3.05, 3.63) is 75.2 Å². The molecule has 11 heteroatoms. The normalized spacial score (nSPS) is 19.2. The molecule has 0 aliphatic carbocycles. The molecule has 2 fully saturated rings. The lowest BCUT2D eigenvalue weighted by molar-refractivity contribution is -0.145. The first-order valence-corrected chi connectivity index (χ1v) is 13.5. The molecule has 2 aliphatic rings. The fraction of sp³-hybridized carbons (Fsp3) is 0.333. The molecule has 2 saturated heterocycles. The van der Waals surface area contributed by atoms with Gasteiger partial charge < -0.3 is 14.2 Å². The molecule has 1 unspecified atom stereocenters. The number of aromatic nitrogens is 3. The maximum atomic E-state index is 15.7. The van der Waals surface area contributed by atoms with Crippen LogP contribution < -0.4 is 4.90 Å². The SMILES string of the molecule is Cc1c(Cl)ccc2c(CC(=O)N3CC(F)(c4cn(C5CCCN(c6ccc(Br)cc6)C5=O)nn4)C3)coc12. The number of furan rings is 1. The fourth-order valence-corrected chi connectivity index (χ4v) is 5.60. The van der Waals surface area contributed by atoms with E-state index in [4.69, 9.17) is 16.0 Å². The Balaban J connectivity index is 1.12. The molecule has 6 rings (SSSR count). The van der Waals surface area contributed by atoms with Gasteiger partial charge in [0.2, 0.25) is 5.91 Å². The highest BCUT2D eigenvalue weighted by Crippen LogP contribution is 2.37. The highest BCUT2D eigenvalue weighted by molar-refractivity contribution is 9.10. The van der Waals surface area contributed by atoms with Crippen LogP contribution in [0.15, 0.2) is 57.7 Å². The number of halogens is 3. The molecular weight excluding hydrogens is 577 g/mol. The van der Waals surface area contributed by atoms with Crippen molar-refractivity contribution in [3.63, 3.8) is 0 Å². The molecule has 38 heavy (non-hydrogen) atoms. The number of hydrogen-bond acceptors (Lipinski definition) is 5. The van der Waals surface area contributed by atoms with E-state index in [9.17, 15) is 9.59 Å². The third kappa shape index (κ3) is 4.29.